The Hall–Kier alpha value is -1.72. The van der Waals surface area contributed by atoms with Gasteiger partial charge in [-0.15, -0.1) is 0 Å². The predicted octanol–water partition coefficient (Wildman–Crippen LogP) is 2.91. The van der Waals surface area contributed by atoms with Gasteiger partial charge in [-0.05, 0) is 30.2 Å². The van der Waals surface area contributed by atoms with Crippen LogP contribution in [0.5, 0.6) is 0 Å². The minimum Gasteiger partial charge on any atom is -0.398 e. The molecule has 0 aliphatic rings. The quantitative estimate of drug-likeness (QED) is 0.834. The number of aryl methyl sites for hydroxylation is 1. The van der Waals surface area contributed by atoms with Crippen molar-refractivity contribution in [1.29, 1.82) is 0 Å². The molecule has 0 bridgehead atoms. The lowest BCUT2D eigenvalue weighted by Crippen LogP contribution is -2.18. The van der Waals surface area contributed by atoms with E-state index < -0.39 is 10.0 Å². The SMILES string of the molecule is Nc1ccc(NS(=O)(=O)CCc2ccccc2)cc1Cl. The molecule has 2 rings (SSSR count). The highest BCUT2D eigenvalue weighted by molar-refractivity contribution is 7.92. The summed E-state index contributed by atoms with van der Waals surface area (Å²) in [5.41, 5.74) is 7.39. The van der Waals surface area contributed by atoms with Crippen molar-refractivity contribution < 1.29 is 8.42 Å². The number of anilines is 2. The molecule has 0 saturated carbocycles. The Kier molecular flexibility index (Phi) is 4.52. The molecule has 0 heterocycles. The van der Waals surface area contributed by atoms with Gasteiger partial charge in [0, 0.05) is 0 Å². The molecule has 0 radical (unpaired) electrons. The highest BCUT2D eigenvalue weighted by Crippen LogP contribution is 2.23. The summed E-state index contributed by atoms with van der Waals surface area (Å²) in [6.45, 7) is 0. The van der Waals surface area contributed by atoms with Crippen molar-refractivity contribution in [2.45, 2.75) is 6.42 Å². The largest absolute Gasteiger partial charge is 0.398 e. The third-order valence-corrected chi connectivity index (χ3v) is 4.39. The summed E-state index contributed by atoms with van der Waals surface area (Å²) in [6.07, 6.45) is 0.457. The van der Waals surface area contributed by atoms with Crippen molar-refractivity contribution in [1.82, 2.24) is 0 Å². The minimum atomic E-state index is -3.41. The van der Waals surface area contributed by atoms with Crippen molar-refractivity contribution in [2.75, 3.05) is 16.2 Å². The zero-order chi connectivity index (χ0) is 14.6. The average molecular weight is 311 g/mol. The first-order valence-corrected chi connectivity index (χ1v) is 8.09. The number of halogens is 1. The Morgan fingerprint density at radius 2 is 1.80 bits per heavy atom. The average Bonchev–Trinajstić information content (AvgIpc) is 2.42. The second kappa shape index (κ2) is 6.15. The molecule has 2 aromatic rings. The van der Waals surface area contributed by atoms with Crippen molar-refractivity contribution >= 4 is 33.0 Å². The zero-order valence-corrected chi connectivity index (χ0v) is 12.3. The Bertz CT molecular complexity index is 688. The molecule has 0 unspecified atom stereocenters. The maximum atomic E-state index is 12.0. The van der Waals surface area contributed by atoms with E-state index in [4.69, 9.17) is 17.3 Å². The minimum absolute atomic E-state index is 0.0129. The van der Waals surface area contributed by atoms with E-state index in [0.29, 0.717) is 22.8 Å². The van der Waals surface area contributed by atoms with E-state index in [1.165, 1.54) is 6.07 Å². The smallest absolute Gasteiger partial charge is 0.233 e. The molecule has 106 valence electrons. The van der Waals surface area contributed by atoms with Crippen LogP contribution in [0.1, 0.15) is 5.56 Å². The van der Waals surface area contributed by atoms with Gasteiger partial charge in [-0.2, -0.15) is 0 Å². The summed E-state index contributed by atoms with van der Waals surface area (Å²) in [7, 11) is -3.41. The van der Waals surface area contributed by atoms with Crippen LogP contribution in [0.4, 0.5) is 11.4 Å². The van der Waals surface area contributed by atoms with Gasteiger partial charge in [-0.1, -0.05) is 41.9 Å². The van der Waals surface area contributed by atoms with Gasteiger partial charge in [-0.25, -0.2) is 8.42 Å². The molecule has 0 aliphatic carbocycles. The van der Waals surface area contributed by atoms with Gasteiger partial charge >= 0.3 is 0 Å². The Balaban J connectivity index is 2.02. The van der Waals surface area contributed by atoms with Crippen LogP contribution in [-0.4, -0.2) is 14.2 Å². The van der Waals surface area contributed by atoms with Gasteiger partial charge in [0.05, 0.1) is 22.2 Å². The molecule has 2 aromatic carbocycles. The van der Waals surface area contributed by atoms with E-state index in [1.54, 1.807) is 12.1 Å². The summed E-state index contributed by atoms with van der Waals surface area (Å²) in [6, 6.07) is 14.1. The van der Waals surface area contributed by atoms with E-state index in [1.807, 2.05) is 30.3 Å². The molecule has 0 atom stereocenters. The molecular formula is C14H15ClN2O2S. The molecule has 0 spiro atoms. The molecule has 3 N–H and O–H groups in total. The van der Waals surface area contributed by atoms with Crippen molar-refractivity contribution in [3.63, 3.8) is 0 Å². The standard InChI is InChI=1S/C14H15ClN2O2S/c15-13-10-12(6-7-14(13)16)17-20(18,19)9-8-11-4-2-1-3-5-11/h1-7,10,17H,8-9,16H2. The van der Waals surface area contributed by atoms with Crippen molar-refractivity contribution in [3.05, 3.63) is 59.1 Å². The topological polar surface area (TPSA) is 72.2 Å². The van der Waals surface area contributed by atoms with Crippen LogP contribution in [0.25, 0.3) is 0 Å². The Morgan fingerprint density at radius 3 is 2.45 bits per heavy atom. The van der Waals surface area contributed by atoms with E-state index in [-0.39, 0.29) is 5.75 Å². The number of benzene rings is 2. The number of hydrogen-bond acceptors (Lipinski definition) is 3. The molecule has 0 fully saturated rings. The molecule has 6 heteroatoms. The van der Waals surface area contributed by atoms with Gasteiger partial charge in [0.15, 0.2) is 0 Å². The molecule has 0 aliphatic heterocycles. The Labute approximate surface area is 123 Å². The monoisotopic (exact) mass is 310 g/mol. The van der Waals surface area contributed by atoms with Crippen LogP contribution in [0.2, 0.25) is 5.02 Å². The van der Waals surface area contributed by atoms with Crippen LogP contribution in [0, 0.1) is 0 Å². The third-order valence-electron chi connectivity index (χ3n) is 2.78. The fourth-order valence-corrected chi connectivity index (χ4v) is 2.99. The summed E-state index contributed by atoms with van der Waals surface area (Å²) < 4.78 is 26.5. The van der Waals surface area contributed by atoms with E-state index >= 15 is 0 Å². The molecule has 4 nitrogen and oxygen atoms in total. The normalized spacial score (nSPS) is 11.2. The fourth-order valence-electron chi connectivity index (χ4n) is 1.72. The zero-order valence-electron chi connectivity index (χ0n) is 10.7. The number of sulfonamides is 1. The lowest BCUT2D eigenvalue weighted by Gasteiger charge is -2.09. The first kappa shape index (κ1) is 14.7. The second-order valence-corrected chi connectivity index (χ2v) is 6.64. The van der Waals surface area contributed by atoms with Crippen LogP contribution in [0.15, 0.2) is 48.5 Å². The molecule has 20 heavy (non-hydrogen) atoms. The number of nitrogens with two attached hydrogens (primary N) is 1. The summed E-state index contributed by atoms with van der Waals surface area (Å²) in [5.74, 6) is 0.0129. The molecular weight excluding hydrogens is 296 g/mol. The van der Waals surface area contributed by atoms with Gasteiger partial charge in [0.25, 0.3) is 0 Å². The summed E-state index contributed by atoms with van der Waals surface area (Å²) >= 11 is 5.86. The first-order valence-electron chi connectivity index (χ1n) is 6.06. The number of rotatable bonds is 5. The van der Waals surface area contributed by atoms with Crippen molar-refractivity contribution in [2.24, 2.45) is 0 Å². The van der Waals surface area contributed by atoms with E-state index in [0.717, 1.165) is 5.56 Å². The maximum Gasteiger partial charge on any atom is 0.233 e. The fraction of sp³-hybridized carbons (Fsp3) is 0.143. The van der Waals surface area contributed by atoms with Crippen molar-refractivity contribution in [3.8, 4) is 0 Å². The van der Waals surface area contributed by atoms with Crippen LogP contribution < -0.4 is 10.5 Å². The molecule has 0 aromatic heterocycles. The van der Waals surface area contributed by atoms with Gasteiger partial charge in [0.2, 0.25) is 10.0 Å². The highest BCUT2D eigenvalue weighted by atomic mass is 35.5. The molecule has 0 saturated heterocycles. The van der Waals surface area contributed by atoms with E-state index in [2.05, 4.69) is 4.72 Å². The lowest BCUT2D eigenvalue weighted by molar-refractivity contribution is 0.600. The molecule has 0 amide bonds. The van der Waals surface area contributed by atoms with Crippen LogP contribution in [0.3, 0.4) is 0 Å². The van der Waals surface area contributed by atoms with E-state index in [9.17, 15) is 8.42 Å². The maximum absolute atomic E-state index is 12.0. The van der Waals surface area contributed by atoms with Gasteiger partial charge in [0.1, 0.15) is 0 Å². The predicted molar refractivity (Wildman–Crippen MR) is 83.4 cm³/mol. The van der Waals surface area contributed by atoms with Gasteiger partial charge in [-0.3, -0.25) is 4.72 Å². The second-order valence-electron chi connectivity index (χ2n) is 4.39. The third kappa shape index (κ3) is 4.15. The lowest BCUT2D eigenvalue weighted by atomic mass is 10.2. The van der Waals surface area contributed by atoms with Crippen LogP contribution >= 0.6 is 11.6 Å². The summed E-state index contributed by atoms with van der Waals surface area (Å²) in [5, 5.41) is 0.327. The number of nitrogen functional groups attached to an aromatic ring is 1. The number of hydrogen-bond donors (Lipinski definition) is 2. The summed E-state index contributed by atoms with van der Waals surface area (Å²) in [4.78, 5) is 0. The van der Waals surface area contributed by atoms with Gasteiger partial charge < -0.3 is 5.73 Å². The Morgan fingerprint density at radius 1 is 1.10 bits per heavy atom. The highest BCUT2D eigenvalue weighted by Gasteiger charge is 2.11. The van der Waals surface area contributed by atoms with Crippen LogP contribution in [-0.2, 0) is 16.4 Å². The number of nitrogens with one attached hydrogen (secondary N) is 1. The first-order chi connectivity index (χ1) is 9.46.